The molecule has 0 fully saturated rings. The van der Waals surface area contributed by atoms with Crippen LogP contribution < -0.4 is 10.1 Å². The largest absolute Gasteiger partial charge is 0.487 e. The lowest BCUT2D eigenvalue weighted by molar-refractivity contribution is -0.385. The maximum absolute atomic E-state index is 11.9. The second kappa shape index (κ2) is 9.36. The summed E-state index contributed by atoms with van der Waals surface area (Å²) in [6.45, 7) is 4.77. The van der Waals surface area contributed by atoms with Gasteiger partial charge >= 0.3 is 5.69 Å². The van der Waals surface area contributed by atoms with Gasteiger partial charge in [-0.3, -0.25) is 14.9 Å². The van der Waals surface area contributed by atoms with Crippen LogP contribution in [0.15, 0.2) is 48.5 Å². The van der Waals surface area contributed by atoms with Crippen molar-refractivity contribution in [3.8, 4) is 5.75 Å². The number of nitrogens with one attached hydrogen (secondary N) is 1. The molecule has 26 heavy (non-hydrogen) atoms. The molecular weight excluding hydrogens is 332 g/mol. The van der Waals surface area contributed by atoms with Crippen molar-refractivity contribution in [1.82, 2.24) is 5.32 Å². The fraction of sp³-hybridized carbons (Fsp3) is 0.250. The van der Waals surface area contributed by atoms with E-state index >= 15 is 0 Å². The molecule has 0 radical (unpaired) electrons. The molecule has 0 bridgehead atoms. The highest BCUT2D eigenvalue weighted by molar-refractivity contribution is 5.91. The summed E-state index contributed by atoms with van der Waals surface area (Å²) < 4.78 is 5.38. The lowest BCUT2D eigenvalue weighted by Gasteiger charge is -2.06. The van der Waals surface area contributed by atoms with Crippen LogP contribution in [0.25, 0.3) is 6.08 Å². The molecule has 0 aliphatic carbocycles. The second-order valence-corrected chi connectivity index (χ2v) is 5.87. The lowest BCUT2D eigenvalue weighted by atomic mass is 10.1. The lowest BCUT2D eigenvalue weighted by Crippen LogP contribution is -2.20. The van der Waals surface area contributed by atoms with E-state index in [1.165, 1.54) is 12.1 Å². The zero-order valence-corrected chi connectivity index (χ0v) is 14.9. The Bertz CT molecular complexity index is 798. The van der Waals surface area contributed by atoms with Gasteiger partial charge in [-0.1, -0.05) is 42.8 Å². The molecule has 6 heteroatoms. The molecule has 0 saturated heterocycles. The molecule has 2 rings (SSSR count). The first-order valence-electron chi connectivity index (χ1n) is 8.42. The van der Waals surface area contributed by atoms with Crippen LogP contribution in [0.2, 0.25) is 0 Å². The van der Waals surface area contributed by atoms with Crippen molar-refractivity contribution < 1.29 is 14.5 Å². The van der Waals surface area contributed by atoms with Gasteiger partial charge in [-0.15, -0.1) is 0 Å². The van der Waals surface area contributed by atoms with Gasteiger partial charge in [0.2, 0.25) is 5.91 Å². The molecule has 0 spiro atoms. The van der Waals surface area contributed by atoms with Crippen LogP contribution in [0.4, 0.5) is 5.69 Å². The van der Waals surface area contributed by atoms with Gasteiger partial charge in [-0.2, -0.15) is 0 Å². The van der Waals surface area contributed by atoms with Gasteiger partial charge in [-0.05, 0) is 36.6 Å². The van der Waals surface area contributed by atoms with Crippen LogP contribution in [0, 0.1) is 17.0 Å². The van der Waals surface area contributed by atoms with Gasteiger partial charge in [-0.25, -0.2) is 0 Å². The van der Waals surface area contributed by atoms with Crippen LogP contribution in [0.1, 0.15) is 30.0 Å². The average Bonchev–Trinajstić information content (AvgIpc) is 2.64. The van der Waals surface area contributed by atoms with Crippen LogP contribution >= 0.6 is 0 Å². The molecule has 1 amide bonds. The molecule has 0 aromatic heterocycles. The summed E-state index contributed by atoms with van der Waals surface area (Å²) >= 11 is 0. The first-order chi connectivity index (χ1) is 12.5. The van der Waals surface area contributed by atoms with Crippen molar-refractivity contribution in [3.05, 3.63) is 75.3 Å². The smallest absolute Gasteiger partial charge is 0.311 e. The third-order valence-corrected chi connectivity index (χ3v) is 3.66. The van der Waals surface area contributed by atoms with E-state index in [-0.39, 0.29) is 17.3 Å². The molecule has 0 unspecified atom stereocenters. The van der Waals surface area contributed by atoms with Crippen LogP contribution in [0.3, 0.4) is 0 Å². The van der Waals surface area contributed by atoms with E-state index in [0.717, 1.165) is 17.5 Å². The summed E-state index contributed by atoms with van der Waals surface area (Å²) in [4.78, 5) is 22.6. The SMILES string of the molecule is CCCOc1ccc(/C=C/C(=O)NCc2ccc(C)cc2)cc1[N+](=O)[O-]. The number of rotatable bonds is 8. The van der Waals surface area contributed by atoms with Crippen molar-refractivity contribution in [2.24, 2.45) is 0 Å². The third-order valence-electron chi connectivity index (χ3n) is 3.66. The number of aryl methyl sites for hydroxylation is 1. The summed E-state index contributed by atoms with van der Waals surface area (Å²) in [6.07, 6.45) is 3.67. The number of carbonyl (C=O) groups excluding carboxylic acids is 1. The highest BCUT2D eigenvalue weighted by atomic mass is 16.6. The summed E-state index contributed by atoms with van der Waals surface area (Å²) in [5.74, 6) is -0.0302. The monoisotopic (exact) mass is 354 g/mol. The molecule has 0 aliphatic heterocycles. The number of hydrogen-bond donors (Lipinski definition) is 1. The summed E-state index contributed by atoms with van der Waals surface area (Å²) in [5.41, 5.74) is 2.62. The molecule has 0 aliphatic rings. The Labute approximate surface area is 152 Å². The molecule has 0 heterocycles. The molecule has 136 valence electrons. The van der Waals surface area contributed by atoms with Gasteiger partial charge in [0.05, 0.1) is 11.5 Å². The highest BCUT2D eigenvalue weighted by Gasteiger charge is 2.15. The van der Waals surface area contributed by atoms with Crippen LogP contribution in [0.5, 0.6) is 5.75 Å². The van der Waals surface area contributed by atoms with Crippen molar-refractivity contribution in [2.45, 2.75) is 26.8 Å². The van der Waals surface area contributed by atoms with E-state index in [9.17, 15) is 14.9 Å². The number of carbonyl (C=O) groups is 1. The van der Waals surface area contributed by atoms with Crippen molar-refractivity contribution in [1.29, 1.82) is 0 Å². The highest BCUT2D eigenvalue weighted by Crippen LogP contribution is 2.28. The second-order valence-electron chi connectivity index (χ2n) is 5.87. The van der Waals surface area contributed by atoms with Crippen molar-refractivity contribution in [3.63, 3.8) is 0 Å². The Hall–Kier alpha value is -3.15. The minimum atomic E-state index is -0.486. The third kappa shape index (κ3) is 5.73. The standard InChI is InChI=1S/C20H22N2O4/c1-3-12-26-19-10-8-16(13-18(19)22(24)25)9-11-20(23)21-14-17-6-4-15(2)5-7-17/h4-11,13H,3,12,14H2,1-2H3,(H,21,23)/b11-9+. The van der Waals surface area contributed by atoms with Crippen molar-refractivity contribution in [2.75, 3.05) is 6.61 Å². The van der Waals surface area contributed by atoms with Gasteiger partial charge in [0, 0.05) is 18.7 Å². The number of hydrogen-bond acceptors (Lipinski definition) is 4. The number of amides is 1. The molecule has 0 saturated carbocycles. The Kier molecular flexibility index (Phi) is 6.91. The van der Waals surface area contributed by atoms with E-state index < -0.39 is 4.92 Å². The number of benzene rings is 2. The normalized spacial score (nSPS) is 10.7. The predicted molar refractivity (Wildman–Crippen MR) is 101 cm³/mol. The minimum absolute atomic E-state index is 0.110. The average molecular weight is 354 g/mol. The molecule has 2 aromatic carbocycles. The molecule has 1 N–H and O–H groups in total. The minimum Gasteiger partial charge on any atom is -0.487 e. The quantitative estimate of drug-likeness (QED) is 0.441. The maximum atomic E-state index is 11.9. The maximum Gasteiger partial charge on any atom is 0.311 e. The topological polar surface area (TPSA) is 81.5 Å². The fourth-order valence-corrected chi connectivity index (χ4v) is 2.24. The summed E-state index contributed by atoms with van der Waals surface area (Å²) in [7, 11) is 0. The number of nitro benzene ring substituents is 1. The van der Waals surface area contributed by atoms with E-state index in [1.54, 1.807) is 18.2 Å². The van der Waals surface area contributed by atoms with E-state index in [0.29, 0.717) is 18.7 Å². The van der Waals surface area contributed by atoms with Gasteiger partial charge in [0.25, 0.3) is 0 Å². The summed E-state index contributed by atoms with van der Waals surface area (Å²) in [6, 6.07) is 12.5. The molecule has 2 aromatic rings. The van der Waals surface area contributed by atoms with E-state index in [1.807, 2.05) is 38.1 Å². The number of nitrogens with zero attached hydrogens (tertiary/aromatic N) is 1. The predicted octanol–water partition coefficient (Wildman–Crippen LogP) is 4.02. The first kappa shape index (κ1) is 19.2. The summed E-state index contributed by atoms with van der Waals surface area (Å²) in [5, 5.41) is 14.0. The van der Waals surface area contributed by atoms with Crippen LogP contribution in [-0.4, -0.2) is 17.4 Å². The Balaban J connectivity index is 1.99. The van der Waals surface area contributed by atoms with E-state index in [2.05, 4.69) is 5.32 Å². The van der Waals surface area contributed by atoms with Crippen LogP contribution in [-0.2, 0) is 11.3 Å². The van der Waals surface area contributed by atoms with Gasteiger partial charge in [0.1, 0.15) is 0 Å². The zero-order chi connectivity index (χ0) is 18.9. The Morgan fingerprint density at radius 3 is 2.62 bits per heavy atom. The Morgan fingerprint density at radius 1 is 1.23 bits per heavy atom. The van der Waals surface area contributed by atoms with Crippen molar-refractivity contribution >= 4 is 17.7 Å². The fourth-order valence-electron chi connectivity index (χ4n) is 2.24. The Morgan fingerprint density at radius 2 is 1.96 bits per heavy atom. The number of nitro groups is 1. The van der Waals surface area contributed by atoms with E-state index in [4.69, 9.17) is 4.74 Å². The van der Waals surface area contributed by atoms with Gasteiger partial charge < -0.3 is 10.1 Å². The zero-order valence-electron chi connectivity index (χ0n) is 14.9. The molecular formula is C20H22N2O4. The molecule has 0 atom stereocenters. The number of ether oxygens (including phenoxy) is 1. The first-order valence-corrected chi connectivity index (χ1v) is 8.42. The molecule has 6 nitrogen and oxygen atoms in total. The van der Waals surface area contributed by atoms with Gasteiger partial charge in [0.15, 0.2) is 5.75 Å².